The zero-order valence-corrected chi connectivity index (χ0v) is 20.1. The molecule has 6 atom stereocenters. The number of benzene rings is 1. The lowest BCUT2D eigenvalue weighted by Crippen LogP contribution is -2.36. The Morgan fingerprint density at radius 3 is 2.44 bits per heavy atom. The van der Waals surface area contributed by atoms with Crippen molar-refractivity contribution in [3.8, 4) is 0 Å². The monoisotopic (exact) mass is 550 g/mol. The first kappa shape index (κ1) is 28.1. The zero-order valence-electron chi connectivity index (χ0n) is 18.3. The van der Waals surface area contributed by atoms with Crippen molar-refractivity contribution in [2.75, 3.05) is 18.9 Å². The molecule has 0 aliphatic carbocycles. The van der Waals surface area contributed by atoms with Crippen LogP contribution in [0.5, 0.6) is 0 Å². The molecule has 1 saturated heterocycles. The van der Waals surface area contributed by atoms with Crippen molar-refractivity contribution in [2.24, 2.45) is 0 Å². The van der Waals surface area contributed by atoms with Gasteiger partial charge < -0.3 is 40.7 Å². The molecule has 2 aromatic rings. The lowest BCUT2D eigenvalue weighted by Gasteiger charge is -2.23. The van der Waals surface area contributed by atoms with E-state index in [2.05, 4.69) is 14.8 Å². The number of hydrogen-bond acceptors (Lipinski definition) is 11. The predicted molar refractivity (Wildman–Crippen MR) is 120 cm³/mol. The summed E-state index contributed by atoms with van der Waals surface area (Å²) in [4.78, 5) is 56.5. The molecule has 1 amide bonds. The van der Waals surface area contributed by atoms with Crippen molar-refractivity contribution in [2.45, 2.75) is 30.4 Å². The Labute approximate surface area is 203 Å². The summed E-state index contributed by atoms with van der Waals surface area (Å²) in [5, 5.41) is 22.6. The van der Waals surface area contributed by atoms with E-state index in [0.717, 1.165) is 10.8 Å². The van der Waals surface area contributed by atoms with Crippen LogP contribution in [0, 0.1) is 0 Å². The van der Waals surface area contributed by atoms with E-state index in [1.54, 1.807) is 18.2 Å². The smallest absolute Gasteiger partial charge is 0.387 e. The Morgan fingerprint density at radius 2 is 1.83 bits per heavy atom. The van der Waals surface area contributed by atoms with Gasteiger partial charge in [0, 0.05) is 11.8 Å². The lowest BCUT2D eigenvalue weighted by molar-refractivity contribution is -0.0555. The Balaban J connectivity index is 1.62. The second kappa shape index (κ2) is 11.3. The topological polar surface area (TPSA) is 253 Å². The molecule has 3 rings (SSSR count). The molecule has 36 heavy (non-hydrogen) atoms. The fraction of sp³-hybridized carbons (Fsp3) is 0.389. The van der Waals surface area contributed by atoms with Gasteiger partial charge in [-0.1, -0.05) is 18.2 Å². The normalized spacial score (nSPS) is 24.7. The van der Waals surface area contributed by atoms with E-state index in [0.29, 0.717) is 0 Å². The predicted octanol–water partition coefficient (Wildman–Crippen LogP) is -1.49. The van der Waals surface area contributed by atoms with E-state index < -0.39 is 70.6 Å². The number of amides is 1. The number of anilines is 1. The molecular formula is C18H24N4O12P2. The number of hydrogen-bond donors (Lipinski definition) is 7. The van der Waals surface area contributed by atoms with Crippen LogP contribution in [0.25, 0.3) is 0 Å². The molecule has 18 heteroatoms. The zero-order chi connectivity index (χ0) is 26.7. The molecule has 0 spiro atoms. The number of nitrogens with one attached hydrogen (secondary N) is 1. The van der Waals surface area contributed by atoms with Crippen molar-refractivity contribution >= 4 is 27.1 Å². The molecular weight excluding hydrogens is 526 g/mol. The van der Waals surface area contributed by atoms with Crippen LogP contribution in [0.4, 0.5) is 5.82 Å². The first-order valence-corrected chi connectivity index (χ1v) is 13.4. The molecule has 2 heterocycles. The number of carbonyl (C=O) groups is 1. The summed E-state index contributed by atoms with van der Waals surface area (Å²) in [7, 11) is -10.4. The van der Waals surface area contributed by atoms with Gasteiger partial charge in [0.15, 0.2) is 12.1 Å². The third-order valence-corrected chi connectivity index (χ3v) is 7.17. The Hall–Kier alpha value is -2.49. The maximum absolute atomic E-state index is 12.3. The van der Waals surface area contributed by atoms with Crippen LogP contribution in [0.2, 0.25) is 0 Å². The fourth-order valence-electron chi connectivity index (χ4n) is 3.16. The number of phosphoric acid groups is 1. The third kappa shape index (κ3) is 7.05. The highest BCUT2D eigenvalue weighted by atomic mass is 31.2. The van der Waals surface area contributed by atoms with E-state index in [4.69, 9.17) is 15.0 Å². The second-order valence-corrected chi connectivity index (χ2v) is 10.7. The molecule has 1 aliphatic rings. The van der Waals surface area contributed by atoms with E-state index in [9.17, 15) is 43.6 Å². The highest BCUT2D eigenvalue weighted by Crippen LogP contribution is 2.53. The van der Waals surface area contributed by atoms with Gasteiger partial charge in [-0.2, -0.15) is 4.98 Å². The van der Waals surface area contributed by atoms with Crippen LogP contribution < -0.4 is 16.7 Å². The Morgan fingerprint density at radius 1 is 1.17 bits per heavy atom. The molecule has 16 nitrogen and oxygen atoms in total. The first-order valence-electron chi connectivity index (χ1n) is 10.2. The highest BCUT2D eigenvalue weighted by molar-refractivity contribution is 7.54. The van der Waals surface area contributed by atoms with Crippen LogP contribution in [0.3, 0.4) is 0 Å². The number of phosphoric ester groups is 1. The number of nitrogen functional groups attached to an aromatic ring is 1. The number of aromatic nitrogens is 2. The number of carbonyl (C=O) groups excluding carboxylic acids is 1. The van der Waals surface area contributed by atoms with Gasteiger partial charge in [-0.05, 0) is 18.2 Å². The largest absolute Gasteiger partial charge is 0.473 e. The number of nitrogens with two attached hydrogens (primary N) is 1. The molecule has 0 saturated carbocycles. The molecule has 1 aromatic heterocycles. The van der Waals surface area contributed by atoms with Crippen LogP contribution in [-0.4, -0.2) is 77.7 Å². The van der Waals surface area contributed by atoms with E-state index in [1.807, 2.05) is 0 Å². The van der Waals surface area contributed by atoms with Crippen molar-refractivity contribution in [3.05, 3.63) is 58.6 Å². The number of nitrogens with zero attached hydrogens (tertiary/aromatic N) is 2. The van der Waals surface area contributed by atoms with Gasteiger partial charge in [0.1, 0.15) is 24.1 Å². The summed E-state index contributed by atoms with van der Waals surface area (Å²) in [5.74, 6) is -3.07. The fourth-order valence-corrected chi connectivity index (χ4v) is 5.11. The Bertz CT molecular complexity index is 1220. The van der Waals surface area contributed by atoms with Crippen LogP contribution >= 0.6 is 15.4 Å². The number of rotatable bonds is 10. The van der Waals surface area contributed by atoms with E-state index in [1.165, 1.54) is 18.2 Å². The summed E-state index contributed by atoms with van der Waals surface area (Å²) in [5.41, 5.74) is 4.67. The minimum atomic E-state index is -5.20. The molecule has 0 radical (unpaired) electrons. The van der Waals surface area contributed by atoms with Gasteiger partial charge >= 0.3 is 21.1 Å². The van der Waals surface area contributed by atoms with Crippen molar-refractivity contribution in [1.82, 2.24) is 14.9 Å². The average Bonchev–Trinajstić information content (AvgIpc) is 3.08. The van der Waals surface area contributed by atoms with Gasteiger partial charge in [0.2, 0.25) is 0 Å². The summed E-state index contributed by atoms with van der Waals surface area (Å²) >= 11 is 0. The SMILES string of the molecule is Nc1ccn([C@@H]2O[C@H](COP(=O)(O)OC(CNC(=O)c3ccccc3)P(=O)(O)O)[C@@H](O)[C@H]2O)c(=O)n1. The average molecular weight is 550 g/mol. The van der Waals surface area contributed by atoms with Crippen molar-refractivity contribution in [3.63, 3.8) is 0 Å². The minimum absolute atomic E-state index is 0.0953. The molecule has 1 fully saturated rings. The molecule has 198 valence electrons. The van der Waals surface area contributed by atoms with Gasteiger partial charge in [0.05, 0.1) is 13.2 Å². The van der Waals surface area contributed by atoms with Gasteiger partial charge in [-0.25, -0.2) is 9.36 Å². The lowest BCUT2D eigenvalue weighted by atomic mass is 10.1. The van der Waals surface area contributed by atoms with Gasteiger partial charge in [-0.15, -0.1) is 0 Å². The van der Waals surface area contributed by atoms with E-state index >= 15 is 0 Å². The molecule has 8 N–H and O–H groups in total. The Kier molecular flexibility index (Phi) is 8.80. The number of ether oxygens (including phenoxy) is 1. The first-order chi connectivity index (χ1) is 16.8. The summed E-state index contributed by atoms with van der Waals surface area (Å²) in [6.07, 6.45) is -5.10. The van der Waals surface area contributed by atoms with Gasteiger partial charge in [-0.3, -0.25) is 23.0 Å². The van der Waals surface area contributed by atoms with Crippen molar-refractivity contribution < 1.29 is 52.6 Å². The molecule has 1 aliphatic heterocycles. The highest BCUT2D eigenvalue weighted by Gasteiger charge is 2.46. The molecule has 2 unspecified atom stereocenters. The van der Waals surface area contributed by atoms with Crippen LogP contribution in [0.15, 0.2) is 47.4 Å². The van der Waals surface area contributed by atoms with Crippen LogP contribution in [0.1, 0.15) is 16.6 Å². The molecule has 1 aromatic carbocycles. The standard InChI is InChI=1S/C18H24N4O12P2/c19-12-6-7-22(18(26)21-12)17-15(24)14(23)11(33-17)9-32-36(30,31)34-13(35(27,28)29)8-20-16(25)10-4-2-1-3-5-10/h1-7,11,13-15,17,23-24H,8-9H2,(H,20,25)(H,30,31)(H2,19,21,26)(H2,27,28,29)/t11-,13?,14-,15-,17-/m1/s1. The molecule has 0 bridgehead atoms. The third-order valence-electron chi connectivity index (χ3n) is 4.97. The summed E-state index contributed by atoms with van der Waals surface area (Å²) < 4.78 is 39.6. The van der Waals surface area contributed by atoms with Gasteiger partial charge in [0.25, 0.3) is 5.91 Å². The quantitative estimate of drug-likeness (QED) is 0.167. The maximum atomic E-state index is 12.3. The maximum Gasteiger partial charge on any atom is 0.473 e. The number of aliphatic hydroxyl groups excluding tert-OH is 2. The van der Waals surface area contributed by atoms with Crippen LogP contribution in [-0.2, 0) is 22.9 Å². The summed E-state index contributed by atoms with van der Waals surface area (Å²) in [6.45, 7) is -1.73. The van der Waals surface area contributed by atoms with Crippen molar-refractivity contribution in [1.29, 1.82) is 0 Å². The van der Waals surface area contributed by atoms with E-state index in [-0.39, 0.29) is 11.4 Å². The summed E-state index contributed by atoms with van der Waals surface area (Å²) in [6, 6.07) is 8.88. The minimum Gasteiger partial charge on any atom is -0.387 e. The second-order valence-electron chi connectivity index (χ2n) is 7.58. The number of aliphatic hydroxyl groups is 2.